The minimum absolute atomic E-state index is 0.312. The third kappa shape index (κ3) is 3.66. The molecule has 0 heterocycles. The summed E-state index contributed by atoms with van der Waals surface area (Å²) in [5, 5.41) is 14.0. The van der Waals surface area contributed by atoms with Crippen molar-refractivity contribution >= 4 is 11.8 Å². The van der Waals surface area contributed by atoms with Crippen molar-refractivity contribution in [3.05, 3.63) is 29.8 Å². The van der Waals surface area contributed by atoms with Crippen molar-refractivity contribution in [1.29, 1.82) is 0 Å². The number of phenolic OH excluding ortho intramolecular Hbond substituents is 1. The van der Waals surface area contributed by atoms with Crippen molar-refractivity contribution in [1.82, 2.24) is 5.32 Å². The number of phenols is 1. The Morgan fingerprint density at radius 3 is 3.00 bits per heavy atom. The Bertz CT molecular complexity index is 383. The van der Waals surface area contributed by atoms with Gasteiger partial charge in [0, 0.05) is 17.3 Å². The molecule has 0 aromatic heterocycles. The van der Waals surface area contributed by atoms with Crippen molar-refractivity contribution in [3.8, 4) is 5.75 Å². The van der Waals surface area contributed by atoms with Crippen LogP contribution in [0.1, 0.15) is 44.7 Å². The van der Waals surface area contributed by atoms with E-state index in [9.17, 15) is 5.11 Å². The van der Waals surface area contributed by atoms with Gasteiger partial charge >= 0.3 is 0 Å². The fourth-order valence-corrected chi connectivity index (χ4v) is 3.87. The van der Waals surface area contributed by atoms with Gasteiger partial charge in [-0.15, -0.1) is 0 Å². The molecule has 2 N–H and O–H groups in total. The Labute approximate surface area is 114 Å². The van der Waals surface area contributed by atoms with Crippen LogP contribution in [0, 0.1) is 0 Å². The highest BCUT2D eigenvalue weighted by atomic mass is 32.2. The van der Waals surface area contributed by atoms with E-state index < -0.39 is 0 Å². The van der Waals surface area contributed by atoms with Gasteiger partial charge in [-0.25, -0.2) is 0 Å². The zero-order chi connectivity index (χ0) is 13.0. The highest BCUT2D eigenvalue weighted by Crippen LogP contribution is 2.31. The minimum Gasteiger partial charge on any atom is -0.508 e. The number of aromatic hydroxyl groups is 1. The number of rotatable bonds is 5. The third-order valence-corrected chi connectivity index (χ3v) is 4.88. The van der Waals surface area contributed by atoms with Gasteiger partial charge in [0.2, 0.25) is 0 Å². The maximum Gasteiger partial charge on any atom is 0.115 e. The molecule has 1 aliphatic carbocycles. The molecule has 1 aliphatic rings. The molecule has 0 amide bonds. The summed E-state index contributed by atoms with van der Waals surface area (Å²) in [6, 6.07) is 8.50. The van der Waals surface area contributed by atoms with Crippen LogP contribution in [-0.4, -0.2) is 22.2 Å². The number of hydrogen-bond donors (Lipinski definition) is 2. The average Bonchev–Trinajstić information content (AvgIpc) is 2.77. The number of hydrogen-bond acceptors (Lipinski definition) is 3. The molecule has 18 heavy (non-hydrogen) atoms. The molecule has 1 aromatic rings. The maximum absolute atomic E-state index is 9.50. The largest absolute Gasteiger partial charge is 0.508 e. The number of benzene rings is 1. The van der Waals surface area contributed by atoms with Crippen LogP contribution in [0.3, 0.4) is 0 Å². The molecule has 0 aliphatic heterocycles. The molecule has 0 radical (unpaired) electrons. The van der Waals surface area contributed by atoms with E-state index in [1.54, 1.807) is 6.07 Å². The second-order valence-electron chi connectivity index (χ2n) is 5.07. The van der Waals surface area contributed by atoms with E-state index in [1.807, 2.05) is 12.1 Å². The van der Waals surface area contributed by atoms with Gasteiger partial charge in [0.05, 0.1) is 0 Å². The van der Waals surface area contributed by atoms with Crippen LogP contribution >= 0.6 is 11.8 Å². The molecule has 1 saturated carbocycles. The van der Waals surface area contributed by atoms with Gasteiger partial charge in [0.1, 0.15) is 5.75 Å². The van der Waals surface area contributed by atoms with Crippen molar-refractivity contribution in [2.75, 3.05) is 5.75 Å². The van der Waals surface area contributed by atoms with Gasteiger partial charge in [-0.05, 0) is 49.6 Å². The standard InChI is InChI=1S/C15H23NOS/c1-3-18-15-8-7-13(10-15)16-11(2)12-5-4-6-14(17)9-12/h4-6,9,11,13,15-17H,3,7-8,10H2,1-2H3. The first-order valence-electron chi connectivity index (χ1n) is 6.85. The molecule has 3 atom stereocenters. The molecule has 100 valence electrons. The third-order valence-electron chi connectivity index (χ3n) is 3.64. The zero-order valence-corrected chi connectivity index (χ0v) is 12.0. The van der Waals surface area contributed by atoms with E-state index in [1.165, 1.54) is 30.6 Å². The quantitative estimate of drug-likeness (QED) is 0.851. The van der Waals surface area contributed by atoms with Crippen molar-refractivity contribution in [2.24, 2.45) is 0 Å². The van der Waals surface area contributed by atoms with Crippen LogP contribution in [0.15, 0.2) is 24.3 Å². The van der Waals surface area contributed by atoms with Gasteiger partial charge in [-0.3, -0.25) is 0 Å². The molecule has 2 rings (SSSR count). The minimum atomic E-state index is 0.312. The van der Waals surface area contributed by atoms with E-state index in [-0.39, 0.29) is 0 Å². The second-order valence-corrected chi connectivity index (χ2v) is 6.65. The average molecular weight is 265 g/mol. The Morgan fingerprint density at radius 1 is 1.44 bits per heavy atom. The van der Waals surface area contributed by atoms with E-state index in [2.05, 4.69) is 37.0 Å². The molecule has 1 fully saturated rings. The van der Waals surface area contributed by atoms with E-state index in [4.69, 9.17) is 0 Å². The Kier molecular flexibility index (Phi) is 4.95. The van der Waals surface area contributed by atoms with E-state index in [0.717, 1.165) is 5.25 Å². The van der Waals surface area contributed by atoms with Crippen LogP contribution in [0.2, 0.25) is 0 Å². The summed E-state index contributed by atoms with van der Waals surface area (Å²) in [7, 11) is 0. The first kappa shape index (κ1) is 13.8. The van der Waals surface area contributed by atoms with E-state index >= 15 is 0 Å². The Morgan fingerprint density at radius 2 is 2.28 bits per heavy atom. The normalized spacial score (nSPS) is 25.2. The van der Waals surface area contributed by atoms with Crippen LogP contribution < -0.4 is 5.32 Å². The van der Waals surface area contributed by atoms with Crippen molar-refractivity contribution < 1.29 is 5.11 Å². The lowest BCUT2D eigenvalue weighted by Crippen LogP contribution is -2.29. The summed E-state index contributed by atoms with van der Waals surface area (Å²) < 4.78 is 0. The smallest absolute Gasteiger partial charge is 0.115 e. The monoisotopic (exact) mass is 265 g/mol. The topological polar surface area (TPSA) is 32.3 Å². The molecular weight excluding hydrogens is 242 g/mol. The molecule has 1 aromatic carbocycles. The molecule has 3 heteroatoms. The fourth-order valence-electron chi connectivity index (χ4n) is 2.72. The van der Waals surface area contributed by atoms with Crippen LogP contribution in [0.4, 0.5) is 0 Å². The van der Waals surface area contributed by atoms with Gasteiger partial charge in [-0.2, -0.15) is 11.8 Å². The number of thioether (sulfide) groups is 1. The Balaban J connectivity index is 1.86. The molecular formula is C15H23NOS. The first-order valence-corrected chi connectivity index (χ1v) is 7.90. The van der Waals surface area contributed by atoms with Crippen LogP contribution in [-0.2, 0) is 0 Å². The zero-order valence-electron chi connectivity index (χ0n) is 11.2. The molecule has 2 nitrogen and oxygen atoms in total. The van der Waals surface area contributed by atoms with Gasteiger partial charge < -0.3 is 10.4 Å². The summed E-state index contributed by atoms with van der Waals surface area (Å²) in [5.41, 5.74) is 1.17. The molecule has 0 spiro atoms. The highest BCUT2D eigenvalue weighted by molar-refractivity contribution is 7.99. The SMILES string of the molecule is CCSC1CCC(NC(C)c2cccc(O)c2)C1. The molecule has 0 saturated heterocycles. The summed E-state index contributed by atoms with van der Waals surface area (Å²) in [6.45, 7) is 4.41. The fraction of sp³-hybridized carbons (Fsp3) is 0.600. The maximum atomic E-state index is 9.50. The van der Waals surface area contributed by atoms with Crippen LogP contribution in [0.25, 0.3) is 0 Å². The second kappa shape index (κ2) is 6.48. The molecule has 3 unspecified atom stereocenters. The van der Waals surface area contributed by atoms with Crippen molar-refractivity contribution in [3.63, 3.8) is 0 Å². The van der Waals surface area contributed by atoms with E-state index in [0.29, 0.717) is 17.8 Å². The summed E-state index contributed by atoms with van der Waals surface area (Å²) in [5.74, 6) is 1.58. The summed E-state index contributed by atoms with van der Waals surface area (Å²) in [6.07, 6.45) is 3.89. The lowest BCUT2D eigenvalue weighted by molar-refractivity contribution is 0.453. The highest BCUT2D eigenvalue weighted by Gasteiger charge is 2.25. The molecule has 0 bridgehead atoms. The lowest BCUT2D eigenvalue weighted by Gasteiger charge is -2.20. The van der Waals surface area contributed by atoms with Gasteiger partial charge in [0.15, 0.2) is 0 Å². The predicted octanol–water partition coefficient (Wildman–Crippen LogP) is 3.72. The summed E-state index contributed by atoms with van der Waals surface area (Å²) >= 11 is 2.09. The van der Waals surface area contributed by atoms with Gasteiger partial charge in [0.25, 0.3) is 0 Å². The lowest BCUT2D eigenvalue weighted by atomic mass is 10.1. The number of nitrogens with one attached hydrogen (secondary N) is 1. The predicted molar refractivity (Wildman–Crippen MR) is 79.2 cm³/mol. The Hall–Kier alpha value is -0.670. The van der Waals surface area contributed by atoms with Gasteiger partial charge in [-0.1, -0.05) is 19.1 Å². The first-order chi connectivity index (χ1) is 8.69. The summed E-state index contributed by atoms with van der Waals surface area (Å²) in [4.78, 5) is 0. The van der Waals surface area contributed by atoms with Crippen LogP contribution in [0.5, 0.6) is 5.75 Å². The van der Waals surface area contributed by atoms with Crippen molar-refractivity contribution in [2.45, 2.75) is 50.4 Å².